The van der Waals surface area contributed by atoms with Gasteiger partial charge in [-0.15, -0.1) is 0 Å². The van der Waals surface area contributed by atoms with Crippen LogP contribution in [0.25, 0.3) is 0 Å². The second-order valence-electron chi connectivity index (χ2n) is 2.48. The molecule has 1 aliphatic carbocycles. The van der Waals surface area contributed by atoms with Gasteiger partial charge in [0.15, 0.2) is 5.78 Å². The van der Waals surface area contributed by atoms with E-state index in [1.807, 2.05) is 0 Å². The van der Waals surface area contributed by atoms with E-state index in [1.165, 1.54) is 0 Å². The molecule has 0 atom stereocenters. The van der Waals surface area contributed by atoms with Gasteiger partial charge in [0.25, 0.3) is 0 Å². The minimum Gasteiger partial charge on any atom is -0.478 e. The van der Waals surface area contributed by atoms with Crippen LogP contribution in [-0.2, 0) is 14.4 Å². The number of Topliss-reactive ketones (excluding diaryl/α,β-unsaturated/α-hetero) is 1. The average molecular weight is 182 g/mol. The van der Waals surface area contributed by atoms with Crippen LogP contribution >= 0.6 is 0 Å². The molecule has 1 aliphatic rings. The van der Waals surface area contributed by atoms with Gasteiger partial charge in [0, 0.05) is 12.0 Å². The van der Waals surface area contributed by atoms with Gasteiger partial charge in [-0.1, -0.05) is 6.08 Å². The Bertz CT molecular complexity index is 348. The van der Waals surface area contributed by atoms with Crippen molar-refractivity contribution in [2.45, 2.75) is 6.42 Å². The summed E-state index contributed by atoms with van der Waals surface area (Å²) >= 11 is 0. The van der Waals surface area contributed by atoms with Gasteiger partial charge < -0.3 is 10.2 Å². The molecular weight excluding hydrogens is 176 g/mol. The summed E-state index contributed by atoms with van der Waals surface area (Å²) in [6, 6.07) is 0. The Hall–Kier alpha value is -1.91. The summed E-state index contributed by atoms with van der Waals surface area (Å²) in [5.74, 6) is -3.20. The van der Waals surface area contributed by atoms with E-state index in [-0.39, 0.29) is 17.6 Å². The molecule has 68 valence electrons. The Morgan fingerprint density at radius 1 is 1.15 bits per heavy atom. The molecule has 13 heavy (non-hydrogen) atoms. The van der Waals surface area contributed by atoms with Crippen molar-refractivity contribution in [2.75, 3.05) is 0 Å². The largest absolute Gasteiger partial charge is 0.478 e. The van der Waals surface area contributed by atoms with E-state index < -0.39 is 17.7 Å². The maximum atomic E-state index is 11.0. The predicted octanol–water partition coefficient (Wildman–Crippen LogP) is -0.0188. The molecule has 0 fully saturated rings. The molecule has 0 aliphatic heterocycles. The summed E-state index contributed by atoms with van der Waals surface area (Å²) < 4.78 is 0. The van der Waals surface area contributed by atoms with E-state index in [0.29, 0.717) is 0 Å². The number of hydrogen-bond acceptors (Lipinski definition) is 3. The Morgan fingerprint density at radius 3 is 2.15 bits per heavy atom. The highest BCUT2D eigenvalue weighted by atomic mass is 16.4. The molecule has 0 bridgehead atoms. The normalized spacial score (nSPS) is 16.2. The fraction of sp³-hybridized carbons (Fsp3) is 0.125. The Kier molecular flexibility index (Phi) is 2.27. The highest BCUT2D eigenvalue weighted by Crippen LogP contribution is 2.15. The van der Waals surface area contributed by atoms with Crippen molar-refractivity contribution < 1.29 is 24.6 Å². The SMILES string of the molecule is O=C(O)C1=CC=C(C(=O)O)C(=O)C1. The monoisotopic (exact) mass is 182 g/mol. The Labute approximate surface area is 73.0 Å². The first-order chi connectivity index (χ1) is 6.02. The van der Waals surface area contributed by atoms with Gasteiger partial charge in [0.2, 0.25) is 0 Å². The first kappa shape index (κ1) is 9.18. The predicted molar refractivity (Wildman–Crippen MR) is 41.1 cm³/mol. The lowest BCUT2D eigenvalue weighted by molar-refractivity contribution is -0.136. The quantitative estimate of drug-likeness (QED) is 0.585. The van der Waals surface area contributed by atoms with Crippen molar-refractivity contribution in [3.8, 4) is 0 Å². The highest BCUT2D eigenvalue weighted by Gasteiger charge is 2.23. The number of hydrogen-bond donors (Lipinski definition) is 2. The van der Waals surface area contributed by atoms with Gasteiger partial charge in [0.05, 0.1) is 0 Å². The Morgan fingerprint density at radius 2 is 1.77 bits per heavy atom. The standard InChI is InChI=1S/C8H6O5/c9-6-3-4(7(10)11)1-2-5(6)8(12)13/h1-2H,3H2,(H,10,11)(H,12,13). The third kappa shape index (κ3) is 1.81. The molecule has 2 N–H and O–H groups in total. The van der Waals surface area contributed by atoms with Crippen molar-refractivity contribution in [3.63, 3.8) is 0 Å². The van der Waals surface area contributed by atoms with Gasteiger partial charge in [-0.25, -0.2) is 9.59 Å². The molecule has 5 nitrogen and oxygen atoms in total. The lowest BCUT2D eigenvalue weighted by Crippen LogP contribution is -2.18. The number of aliphatic carboxylic acids is 2. The minimum absolute atomic E-state index is 0.0880. The molecule has 0 saturated heterocycles. The minimum atomic E-state index is -1.33. The van der Waals surface area contributed by atoms with Crippen molar-refractivity contribution in [1.29, 1.82) is 0 Å². The number of ketones is 1. The van der Waals surface area contributed by atoms with Crippen molar-refractivity contribution in [3.05, 3.63) is 23.3 Å². The molecule has 0 saturated carbocycles. The first-order valence-electron chi connectivity index (χ1n) is 3.43. The third-order valence-corrected chi connectivity index (χ3v) is 1.61. The lowest BCUT2D eigenvalue weighted by Gasteiger charge is -2.06. The fourth-order valence-corrected chi connectivity index (χ4v) is 0.941. The van der Waals surface area contributed by atoms with Gasteiger partial charge in [-0.2, -0.15) is 0 Å². The molecule has 0 aromatic carbocycles. The zero-order chi connectivity index (χ0) is 10.0. The molecule has 0 amide bonds. The number of allylic oxidation sites excluding steroid dienone is 2. The second kappa shape index (κ2) is 3.22. The summed E-state index contributed by atoms with van der Waals surface area (Å²) in [5, 5.41) is 17.0. The van der Waals surface area contributed by atoms with Crippen LogP contribution in [0.1, 0.15) is 6.42 Å². The van der Waals surface area contributed by atoms with Gasteiger partial charge in [-0.05, 0) is 6.08 Å². The maximum Gasteiger partial charge on any atom is 0.339 e. The van der Waals surface area contributed by atoms with E-state index >= 15 is 0 Å². The van der Waals surface area contributed by atoms with Gasteiger partial charge >= 0.3 is 11.9 Å². The van der Waals surface area contributed by atoms with E-state index in [9.17, 15) is 14.4 Å². The zero-order valence-electron chi connectivity index (χ0n) is 6.48. The van der Waals surface area contributed by atoms with Crippen molar-refractivity contribution in [1.82, 2.24) is 0 Å². The zero-order valence-corrected chi connectivity index (χ0v) is 6.48. The van der Waals surface area contributed by atoms with Crippen LogP contribution in [0.15, 0.2) is 23.3 Å². The van der Waals surface area contributed by atoms with E-state index in [4.69, 9.17) is 10.2 Å². The van der Waals surface area contributed by atoms with Crippen LogP contribution in [0.3, 0.4) is 0 Å². The smallest absolute Gasteiger partial charge is 0.339 e. The first-order valence-corrected chi connectivity index (χ1v) is 3.43. The summed E-state index contributed by atoms with van der Waals surface area (Å²) in [6.07, 6.45) is 1.79. The van der Waals surface area contributed by atoms with Crippen LogP contribution in [0.4, 0.5) is 0 Å². The number of carbonyl (C=O) groups is 3. The topological polar surface area (TPSA) is 91.7 Å². The molecule has 1 rings (SSSR count). The van der Waals surface area contributed by atoms with E-state index in [1.54, 1.807) is 0 Å². The van der Waals surface area contributed by atoms with Gasteiger partial charge in [0.1, 0.15) is 5.57 Å². The van der Waals surface area contributed by atoms with Crippen LogP contribution in [0.2, 0.25) is 0 Å². The summed E-state index contributed by atoms with van der Waals surface area (Å²) in [5.41, 5.74) is -0.458. The third-order valence-electron chi connectivity index (χ3n) is 1.61. The van der Waals surface area contributed by atoms with E-state index in [2.05, 4.69) is 0 Å². The molecule has 0 unspecified atom stereocenters. The van der Waals surface area contributed by atoms with Crippen molar-refractivity contribution in [2.24, 2.45) is 0 Å². The Balaban J connectivity index is 3.00. The number of rotatable bonds is 2. The van der Waals surface area contributed by atoms with Crippen molar-refractivity contribution >= 4 is 17.7 Å². The molecule has 5 heteroatoms. The molecule has 0 aromatic rings. The molecule has 0 heterocycles. The average Bonchev–Trinajstić information content (AvgIpc) is 2.03. The van der Waals surface area contributed by atoms with Crippen LogP contribution in [-0.4, -0.2) is 27.9 Å². The molecule has 0 aromatic heterocycles. The van der Waals surface area contributed by atoms with Crippen LogP contribution in [0, 0.1) is 0 Å². The van der Waals surface area contributed by atoms with E-state index in [0.717, 1.165) is 12.2 Å². The lowest BCUT2D eigenvalue weighted by atomic mass is 9.97. The summed E-state index contributed by atoms with van der Waals surface area (Å²) in [7, 11) is 0. The number of carbonyl (C=O) groups excluding carboxylic acids is 1. The fourth-order valence-electron chi connectivity index (χ4n) is 0.941. The second-order valence-corrected chi connectivity index (χ2v) is 2.48. The maximum absolute atomic E-state index is 11.0. The summed E-state index contributed by atoms with van der Waals surface area (Å²) in [4.78, 5) is 31.8. The summed E-state index contributed by atoms with van der Waals surface area (Å²) in [6.45, 7) is 0. The highest BCUT2D eigenvalue weighted by molar-refractivity contribution is 6.19. The molecule has 0 spiro atoms. The molecule has 0 radical (unpaired) electrons. The number of carboxylic acids is 2. The van der Waals surface area contributed by atoms with Gasteiger partial charge in [-0.3, -0.25) is 4.79 Å². The van der Waals surface area contributed by atoms with Crippen LogP contribution < -0.4 is 0 Å². The number of carboxylic acid groups (broad SMARTS) is 2. The molecular formula is C8H6O5. The van der Waals surface area contributed by atoms with Crippen LogP contribution in [0.5, 0.6) is 0 Å².